The van der Waals surface area contributed by atoms with Crippen molar-refractivity contribution in [1.82, 2.24) is 24.9 Å². The van der Waals surface area contributed by atoms with Crippen molar-refractivity contribution in [3.63, 3.8) is 0 Å². The standard InChI is InChI=1S/C28H30AsF2N5O2S/c1-4-18-6-5-7-19(9-18)14-32-15-23(24(29)12-20-10-21(30)13-22(31)11-20)25(26(37)38)39-28-35-34-27-33-16(2)8-17(3)36(27)28/h5-11,13,23-25,32H,4,12,14-15H2,1-3H3,(H,37,38)/t23-,24?,25-/m0/s1. The third kappa shape index (κ3) is 7.44. The van der Waals surface area contributed by atoms with E-state index in [9.17, 15) is 18.7 Å². The van der Waals surface area contributed by atoms with Gasteiger partial charge in [0.15, 0.2) is 0 Å². The number of nitrogens with one attached hydrogen (secondary N) is 1. The van der Waals surface area contributed by atoms with Gasteiger partial charge in [-0.05, 0) is 0 Å². The molecule has 4 rings (SSSR count). The second-order valence-electron chi connectivity index (χ2n) is 9.55. The predicted octanol–water partition coefficient (Wildman–Crippen LogP) is 4.73. The van der Waals surface area contributed by atoms with E-state index in [0.717, 1.165) is 41.2 Å². The average Bonchev–Trinajstić information content (AvgIpc) is 3.27. The number of thioether (sulfide) groups is 1. The summed E-state index contributed by atoms with van der Waals surface area (Å²) in [7, 11) is 0. The summed E-state index contributed by atoms with van der Waals surface area (Å²) < 4.78 is 29.3. The predicted molar refractivity (Wildman–Crippen MR) is 148 cm³/mol. The third-order valence-electron chi connectivity index (χ3n) is 6.50. The van der Waals surface area contributed by atoms with Crippen LogP contribution in [0, 0.1) is 31.4 Å². The Bertz CT molecular complexity index is 1450. The molecule has 2 aromatic carbocycles. The minimum atomic E-state index is -1.00. The zero-order valence-electron chi connectivity index (χ0n) is 21.9. The first-order chi connectivity index (χ1) is 18.6. The van der Waals surface area contributed by atoms with Crippen LogP contribution >= 0.6 is 11.8 Å². The number of fused-ring (bicyclic) bond motifs is 1. The molecule has 4 aromatic rings. The van der Waals surface area contributed by atoms with E-state index in [2.05, 4.69) is 56.4 Å². The molecule has 1 unspecified atom stereocenters. The van der Waals surface area contributed by atoms with Crippen LogP contribution in [-0.4, -0.2) is 59.3 Å². The number of halogens is 2. The van der Waals surface area contributed by atoms with Crippen molar-refractivity contribution in [2.75, 3.05) is 6.54 Å². The summed E-state index contributed by atoms with van der Waals surface area (Å²) in [5, 5.41) is 21.7. The molecular weight excluding hydrogens is 583 g/mol. The number of carbonyl (C=O) groups is 1. The molecule has 0 saturated heterocycles. The topological polar surface area (TPSA) is 92.4 Å². The fraction of sp³-hybridized carbons (Fsp3) is 0.357. The van der Waals surface area contributed by atoms with Crippen LogP contribution in [0.5, 0.6) is 0 Å². The van der Waals surface area contributed by atoms with Crippen molar-refractivity contribution in [1.29, 1.82) is 0 Å². The van der Waals surface area contributed by atoms with Crippen LogP contribution in [0.3, 0.4) is 0 Å². The van der Waals surface area contributed by atoms with Gasteiger partial charge in [-0.1, -0.05) is 0 Å². The first-order valence-corrected chi connectivity index (χ1v) is 14.6. The van der Waals surface area contributed by atoms with E-state index < -0.39 is 28.8 Å². The Labute approximate surface area is 239 Å². The van der Waals surface area contributed by atoms with Gasteiger partial charge in [-0.15, -0.1) is 0 Å². The normalized spacial score (nSPS) is 13.9. The van der Waals surface area contributed by atoms with E-state index in [0.29, 0.717) is 29.6 Å². The van der Waals surface area contributed by atoms with E-state index in [1.807, 2.05) is 32.0 Å². The summed E-state index contributed by atoms with van der Waals surface area (Å²) in [4.78, 5) is 17.1. The van der Waals surface area contributed by atoms with Crippen molar-refractivity contribution in [3.05, 3.63) is 88.2 Å². The Kier molecular flexibility index (Phi) is 9.75. The molecule has 0 aliphatic carbocycles. The summed E-state index contributed by atoms with van der Waals surface area (Å²) in [6.45, 7) is 6.78. The average molecular weight is 614 g/mol. The van der Waals surface area contributed by atoms with E-state index in [-0.39, 0.29) is 11.1 Å². The number of rotatable bonds is 12. The number of aromatic nitrogens is 4. The van der Waals surface area contributed by atoms with E-state index in [4.69, 9.17) is 0 Å². The van der Waals surface area contributed by atoms with Gasteiger partial charge in [-0.25, -0.2) is 0 Å². The second-order valence-corrected chi connectivity index (χ2v) is 12.1. The number of hydrogen-bond donors (Lipinski definition) is 2. The molecule has 0 spiro atoms. The summed E-state index contributed by atoms with van der Waals surface area (Å²) in [5.74, 6) is -2.35. The van der Waals surface area contributed by atoms with Crippen LogP contribution in [0.4, 0.5) is 8.78 Å². The van der Waals surface area contributed by atoms with Crippen molar-refractivity contribution >= 4 is 40.4 Å². The van der Waals surface area contributed by atoms with Crippen molar-refractivity contribution < 1.29 is 18.7 Å². The van der Waals surface area contributed by atoms with Crippen LogP contribution in [-0.2, 0) is 24.2 Å². The van der Waals surface area contributed by atoms with Gasteiger partial charge < -0.3 is 0 Å². The molecule has 0 aliphatic heterocycles. The summed E-state index contributed by atoms with van der Waals surface area (Å²) >= 11 is 3.61. The maximum atomic E-state index is 13.9. The molecule has 2 aromatic heterocycles. The van der Waals surface area contributed by atoms with Gasteiger partial charge in [0, 0.05) is 0 Å². The molecule has 3 atom stereocenters. The van der Waals surface area contributed by atoms with Gasteiger partial charge in [0.2, 0.25) is 0 Å². The number of nitrogens with zero attached hydrogens (tertiary/aromatic N) is 4. The van der Waals surface area contributed by atoms with Gasteiger partial charge >= 0.3 is 240 Å². The fourth-order valence-corrected chi connectivity index (χ4v) is 7.11. The Balaban J connectivity index is 1.61. The molecule has 0 saturated carbocycles. The van der Waals surface area contributed by atoms with Crippen molar-refractivity contribution in [2.45, 2.75) is 55.3 Å². The molecule has 2 heterocycles. The first-order valence-electron chi connectivity index (χ1n) is 12.6. The van der Waals surface area contributed by atoms with Gasteiger partial charge in [-0.2, -0.15) is 0 Å². The van der Waals surface area contributed by atoms with E-state index >= 15 is 0 Å². The number of benzene rings is 2. The molecule has 11 heteroatoms. The van der Waals surface area contributed by atoms with Crippen LogP contribution < -0.4 is 5.32 Å². The molecule has 2 radical (unpaired) electrons. The van der Waals surface area contributed by atoms with E-state index in [1.54, 1.807) is 4.40 Å². The zero-order chi connectivity index (χ0) is 28.1. The maximum absolute atomic E-state index is 13.9. The summed E-state index contributed by atoms with van der Waals surface area (Å²) in [6, 6.07) is 13.5. The van der Waals surface area contributed by atoms with Crippen LogP contribution in [0.25, 0.3) is 5.78 Å². The fourth-order valence-electron chi connectivity index (χ4n) is 4.62. The molecule has 0 amide bonds. The SMILES string of the molecule is CCc1cccc(CNC[C@@H](C([As])Cc2cc(F)cc(F)c2)[C@H](Sc2nnc3nc(C)cc(C)n23)C(=O)O)c1. The number of carboxylic acids is 1. The van der Waals surface area contributed by atoms with Crippen molar-refractivity contribution in [3.8, 4) is 0 Å². The quantitative estimate of drug-likeness (QED) is 0.176. The first kappa shape index (κ1) is 29.2. The molecular formula is C28H30AsF2N5O2S. The molecule has 204 valence electrons. The number of aryl methyl sites for hydroxylation is 3. The molecule has 39 heavy (non-hydrogen) atoms. The van der Waals surface area contributed by atoms with Crippen LogP contribution in [0.15, 0.2) is 53.7 Å². The Morgan fingerprint density at radius 2 is 1.79 bits per heavy atom. The van der Waals surface area contributed by atoms with Gasteiger partial charge in [0.05, 0.1) is 0 Å². The second kappa shape index (κ2) is 13.0. The van der Waals surface area contributed by atoms with Crippen molar-refractivity contribution in [2.24, 2.45) is 5.92 Å². The third-order valence-corrected chi connectivity index (χ3v) is 8.96. The number of aliphatic carboxylic acids is 1. The summed E-state index contributed by atoms with van der Waals surface area (Å²) in [6.07, 6.45) is 1.21. The van der Waals surface area contributed by atoms with Crippen LogP contribution in [0.2, 0.25) is 4.71 Å². The molecule has 0 bridgehead atoms. The monoisotopic (exact) mass is 613 g/mol. The Hall–Kier alpha value is -2.81. The summed E-state index contributed by atoms with van der Waals surface area (Å²) in [5.41, 5.74) is 4.43. The van der Waals surface area contributed by atoms with E-state index in [1.165, 1.54) is 17.7 Å². The minimum absolute atomic E-state index is 0.289. The van der Waals surface area contributed by atoms with Crippen LogP contribution in [0.1, 0.15) is 35.0 Å². The number of hydrogen-bond acceptors (Lipinski definition) is 6. The van der Waals surface area contributed by atoms with Gasteiger partial charge in [0.25, 0.3) is 0 Å². The Morgan fingerprint density at radius 3 is 2.49 bits per heavy atom. The molecule has 0 fully saturated rings. The molecule has 7 nitrogen and oxygen atoms in total. The van der Waals surface area contributed by atoms with Gasteiger partial charge in [-0.3, -0.25) is 0 Å². The number of carboxylic acid groups (broad SMARTS) is 1. The Morgan fingerprint density at radius 1 is 1.08 bits per heavy atom. The molecule has 0 aliphatic rings. The van der Waals surface area contributed by atoms with Gasteiger partial charge in [0.1, 0.15) is 0 Å². The molecule has 2 N–H and O–H groups in total. The zero-order valence-corrected chi connectivity index (χ0v) is 24.6.